The van der Waals surface area contributed by atoms with Gasteiger partial charge in [-0.2, -0.15) is 0 Å². The number of benzene rings is 2. The fourth-order valence-electron chi connectivity index (χ4n) is 1.91. The molecule has 0 radical (unpaired) electrons. The van der Waals surface area contributed by atoms with Crippen LogP contribution in [0, 0.1) is 5.82 Å². The number of alkyl halides is 1. The number of rotatable bonds is 5. The van der Waals surface area contributed by atoms with Crippen LogP contribution in [0.4, 0.5) is 4.39 Å². The highest BCUT2D eigenvalue weighted by molar-refractivity contribution is 6.17. The standard InChI is InChI=1S/C16H15ClFNO2/c1-21-14-4-2-3-13(18)15(14)16(20)19-10-12-7-5-11(9-17)6-8-12/h2-8H,9-10H2,1H3,(H,19,20). The molecular weight excluding hydrogens is 293 g/mol. The van der Waals surface area contributed by atoms with E-state index >= 15 is 0 Å². The maximum absolute atomic E-state index is 13.8. The van der Waals surface area contributed by atoms with Crippen molar-refractivity contribution in [3.05, 3.63) is 65.0 Å². The monoisotopic (exact) mass is 307 g/mol. The molecule has 0 saturated heterocycles. The third-order valence-electron chi connectivity index (χ3n) is 3.05. The van der Waals surface area contributed by atoms with E-state index in [0.29, 0.717) is 12.4 Å². The van der Waals surface area contributed by atoms with Gasteiger partial charge in [0.2, 0.25) is 0 Å². The molecular formula is C16H15ClFNO2. The summed E-state index contributed by atoms with van der Waals surface area (Å²) in [4.78, 5) is 12.1. The van der Waals surface area contributed by atoms with Gasteiger partial charge in [0.1, 0.15) is 17.1 Å². The molecule has 0 saturated carbocycles. The maximum atomic E-state index is 13.8. The van der Waals surface area contributed by atoms with Crippen LogP contribution in [-0.4, -0.2) is 13.0 Å². The zero-order valence-electron chi connectivity index (χ0n) is 11.5. The zero-order valence-corrected chi connectivity index (χ0v) is 12.3. The molecule has 110 valence electrons. The van der Waals surface area contributed by atoms with Crippen molar-refractivity contribution in [2.75, 3.05) is 7.11 Å². The van der Waals surface area contributed by atoms with Crippen molar-refractivity contribution in [2.45, 2.75) is 12.4 Å². The quantitative estimate of drug-likeness (QED) is 0.859. The average Bonchev–Trinajstić information content (AvgIpc) is 2.52. The van der Waals surface area contributed by atoms with Gasteiger partial charge in [0.05, 0.1) is 7.11 Å². The summed E-state index contributed by atoms with van der Waals surface area (Å²) in [5.41, 5.74) is 1.83. The Balaban J connectivity index is 2.08. The van der Waals surface area contributed by atoms with E-state index in [-0.39, 0.29) is 11.3 Å². The van der Waals surface area contributed by atoms with Crippen molar-refractivity contribution in [3.8, 4) is 5.75 Å². The van der Waals surface area contributed by atoms with Crippen LogP contribution in [0.1, 0.15) is 21.5 Å². The molecule has 0 aromatic heterocycles. The molecule has 3 nitrogen and oxygen atoms in total. The number of nitrogens with one attached hydrogen (secondary N) is 1. The van der Waals surface area contributed by atoms with Crippen LogP contribution in [-0.2, 0) is 12.4 Å². The minimum atomic E-state index is -0.607. The molecule has 0 unspecified atom stereocenters. The molecule has 2 aromatic rings. The summed E-state index contributed by atoms with van der Waals surface area (Å²) in [7, 11) is 1.40. The van der Waals surface area contributed by atoms with Crippen LogP contribution in [0.25, 0.3) is 0 Å². The lowest BCUT2D eigenvalue weighted by atomic mass is 10.1. The van der Waals surface area contributed by atoms with Crippen LogP contribution >= 0.6 is 11.6 Å². The largest absolute Gasteiger partial charge is 0.496 e. The first kappa shape index (κ1) is 15.3. The molecule has 0 aliphatic rings. The number of amides is 1. The molecule has 0 spiro atoms. The van der Waals surface area contributed by atoms with Gasteiger partial charge in [-0.3, -0.25) is 4.79 Å². The first-order valence-electron chi connectivity index (χ1n) is 6.40. The lowest BCUT2D eigenvalue weighted by Gasteiger charge is -2.10. The van der Waals surface area contributed by atoms with Crippen molar-refractivity contribution < 1.29 is 13.9 Å². The van der Waals surface area contributed by atoms with Crippen LogP contribution in [0.3, 0.4) is 0 Å². The maximum Gasteiger partial charge on any atom is 0.258 e. The van der Waals surface area contributed by atoms with E-state index in [1.165, 1.54) is 19.2 Å². The normalized spacial score (nSPS) is 10.2. The predicted molar refractivity (Wildman–Crippen MR) is 80.1 cm³/mol. The van der Waals surface area contributed by atoms with Crippen molar-refractivity contribution in [1.29, 1.82) is 0 Å². The number of hydrogen-bond donors (Lipinski definition) is 1. The number of ether oxygens (including phenoxy) is 1. The van der Waals surface area contributed by atoms with Gasteiger partial charge in [-0.1, -0.05) is 30.3 Å². The molecule has 0 heterocycles. The Bertz CT molecular complexity index is 629. The second-order valence-electron chi connectivity index (χ2n) is 4.45. The van der Waals surface area contributed by atoms with E-state index in [1.807, 2.05) is 24.3 Å². The van der Waals surface area contributed by atoms with Gasteiger partial charge in [0, 0.05) is 12.4 Å². The topological polar surface area (TPSA) is 38.3 Å². The van der Waals surface area contributed by atoms with Gasteiger partial charge in [0.25, 0.3) is 5.91 Å². The third kappa shape index (κ3) is 3.73. The Morgan fingerprint density at radius 3 is 2.48 bits per heavy atom. The molecule has 0 aliphatic heterocycles. The van der Waals surface area contributed by atoms with Crippen LogP contribution in [0.5, 0.6) is 5.75 Å². The fraction of sp³-hybridized carbons (Fsp3) is 0.188. The van der Waals surface area contributed by atoms with Gasteiger partial charge in [-0.15, -0.1) is 11.6 Å². The second-order valence-corrected chi connectivity index (χ2v) is 4.72. The molecule has 2 aromatic carbocycles. The zero-order chi connectivity index (χ0) is 15.2. The number of hydrogen-bond acceptors (Lipinski definition) is 2. The summed E-state index contributed by atoms with van der Waals surface area (Å²) >= 11 is 5.71. The van der Waals surface area contributed by atoms with Crippen molar-refractivity contribution in [3.63, 3.8) is 0 Å². The van der Waals surface area contributed by atoms with Crippen LogP contribution in [0.15, 0.2) is 42.5 Å². The molecule has 1 N–H and O–H groups in total. The van der Waals surface area contributed by atoms with Gasteiger partial charge in [-0.25, -0.2) is 4.39 Å². The molecule has 5 heteroatoms. The highest BCUT2D eigenvalue weighted by Gasteiger charge is 2.16. The first-order chi connectivity index (χ1) is 10.2. The van der Waals surface area contributed by atoms with E-state index in [0.717, 1.165) is 11.1 Å². The predicted octanol–water partition coefficient (Wildman–Crippen LogP) is 3.50. The lowest BCUT2D eigenvalue weighted by Crippen LogP contribution is -2.24. The summed E-state index contributed by atoms with van der Waals surface area (Å²) in [5.74, 6) is -0.459. The molecule has 2 rings (SSSR count). The van der Waals surface area contributed by atoms with E-state index in [9.17, 15) is 9.18 Å². The smallest absolute Gasteiger partial charge is 0.258 e. The first-order valence-corrected chi connectivity index (χ1v) is 6.93. The van der Waals surface area contributed by atoms with E-state index < -0.39 is 11.7 Å². The number of halogens is 2. The highest BCUT2D eigenvalue weighted by atomic mass is 35.5. The lowest BCUT2D eigenvalue weighted by molar-refractivity contribution is 0.0943. The van der Waals surface area contributed by atoms with Crippen molar-refractivity contribution in [2.24, 2.45) is 0 Å². The second kappa shape index (κ2) is 7.09. The van der Waals surface area contributed by atoms with Gasteiger partial charge in [0.15, 0.2) is 0 Å². The summed E-state index contributed by atoms with van der Waals surface area (Å²) in [5, 5.41) is 2.68. The summed E-state index contributed by atoms with van der Waals surface area (Å²) in [6.45, 7) is 0.304. The summed E-state index contributed by atoms with van der Waals surface area (Å²) < 4.78 is 18.8. The number of carbonyl (C=O) groups excluding carboxylic acids is 1. The number of carbonyl (C=O) groups is 1. The molecule has 0 atom stereocenters. The minimum absolute atomic E-state index is 0.0858. The van der Waals surface area contributed by atoms with Gasteiger partial charge in [-0.05, 0) is 23.3 Å². The number of methoxy groups -OCH3 is 1. The summed E-state index contributed by atoms with van der Waals surface area (Å²) in [6, 6.07) is 11.8. The van der Waals surface area contributed by atoms with Gasteiger partial charge >= 0.3 is 0 Å². The Morgan fingerprint density at radius 1 is 1.19 bits per heavy atom. The van der Waals surface area contributed by atoms with E-state index in [1.54, 1.807) is 6.07 Å². The SMILES string of the molecule is COc1cccc(F)c1C(=O)NCc1ccc(CCl)cc1. The Kier molecular flexibility index (Phi) is 5.17. The summed E-state index contributed by atoms with van der Waals surface area (Å²) in [6.07, 6.45) is 0. The van der Waals surface area contributed by atoms with Crippen molar-refractivity contribution in [1.82, 2.24) is 5.32 Å². The van der Waals surface area contributed by atoms with Crippen molar-refractivity contribution >= 4 is 17.5 Å². The molecule has 0 bridgehead atoms. The highest BCUT2D eigenvalue weighted by Crippen LogP contribution is 2.21. The third-order valence-corrected chi connectivity index (χ3v) is 3.36. The minimum Gasteiger partial charge on any atom is -0.496 e. The van der Waals surface area contributed by atoms with E-state index in [4.69, 9.17) is 16.3 Å². The van der Waals surface area contributed by atoms with Gasteiger partial charge < -0.3 is 10.1 Å². The van der Waals surface area contributed by atoms with E-state index in [2.05, 4.69) is 5.32 Å². The molecule has 0 fully saturated rings. The van der Waals surface area contributed by atoms with Crippen LogP contribution in [0.2, 0.25) is 0 Å². The molecule has 0 aliphatic carbocycles. The fourth-order valence-corrected chi connectivity index (χ4v) is 2.09. The molecule has 21 heavy (non-hydrogen) atoms. The Morgan fingerprint density at radius 2 is 1.86 bits per heavy atom. The Hall–Kier alpha value is -2.07. The Labute approximate surface area is 127 Å². The van der Waals surface area contributed by atoms with Crippen LogP contribution < -0.4 is 10.1 Å². The molecule has 1 amide bonds. The average molecular weight is 308 g/mol.